The number of anilines is 1. The lowest BCUT2D eigenvalue weighted by molar-refractivity contribution is -0.139. The quantitative estimate of drug-likeness (QED) is 0.302. The Balaban J connectivity index is 2.06. The molecule has 0 aliphatic heterocycles. The number of sulfonamides is 1. The number of halogens is 2. The summed E-state index contributed by atoms with van der Waals surface area (Å²) in [6, 6.07) is 16.7. The van der Waals surface area contributed by atoms with Crippen LogP contribution in [0.3, 0.4) is 0 Å². The number of hydrogen-bond donors (Lipinski definition) is 1. The van der Waals surface area contributed by atoms with E-state index in [0.29, 0.717) is 23.6 Å². The van der Waals surface area contributed by atoms with Gasteiger partial charge in [-0.3, -0.25) is 13.9 Å². The zero-order chi connectivity index (χ0) is 29.3. The van der Waals surface area contributed by atoms with E-state index in [2.05, 4.69) is 5.32 Å². The van der Waals surface area contributed by atoms with E-state index in [-0.39, 0.29) is 35.4 Å². The number of hydrogen-bond acceptors (Lipinski definition) is 5. The SMILES string of the molecule is CCCNC(=O)C(C)N(Cc1ccc(F)cc1)C(=O)CN(c1ccccc1OCC)S(=O)(=O)c1ccc(Cl)cc1. The van der Waals surface area contributed by atoms with E-state index in [1.165, 1.54) is 53.4 Å². The summed E-state index contributed by atoms with van der Waals surface area (Å²) in [7, 11) is -4.28. The van der Waals surface area contributed by atoms with Gasteiger partial charge in [-0.15, -0.1) is 0 Å². The number of rotatable bonds is 13. The van der Waals surface area contributed by atoms with E-state index < -0.39 is 34.3 Å². The predicted octanol–water partition coefficient (Wildman–Crippen LogP) is 5.02. The number of carbonyl (C=O) groups excluding carboxylic acids is 2. The Labute approximate surface area is 239 Å². The van der Waals surface area contributed by atoms with Crippen molar-refractivity contribution < 1.29 is 27.1 Å². The van der Waals surface area contributed by atoms with Gasteiger partial charge < -0.3 is 15.0 Å². The lowest BCUT2D eigenvalue weighted by Gasteiger charge is -2.32. The summed E-state index contributed by atoms with van der Waals surface area (Å²) in [6.07, 6.45) is 0.700. The smallest absolute Gasteiger partial charge is 0.264 e. The van der Waals surface area contributed by atoms with Crippen LogP contribution < -0.4 is 14.4 Å². The first kappa shape index (κ1) is 30.9. The molecule has 0 saturated heterocycles. The summed E-state index contributed by atoms with van der Waals surface area (Å²) in [6.45, 7) is 5.26. The fourth-order valence-corrected chi connectivity index (χ4v) is 5.50. The second-order valence-corrected chi connectivity index (χ2v) is 11.3. The summed E-state index contributed by atoms with van der Waals surface area (Å²) < 4.78 is 48.1. The minimum atomic E-state index is -4.28. The maximum atomic E-state index is 13.9. The minimum absolute atomic E-state index is 0.0399. The maximum Gasteiger partial charge on any atom is 0.264 e. The monoisotopic (exact) mass is 589 g/mol. The molecule has 3 rings (SSSR count). The molecule has 40 heavy (non-hydrogen) atoms. The van der Waals surface area contributed by atoms with Gasteiger partial charge >= 0.3 is 0 Å². The Morgan fingerprint density at radius 2 is 1.65 bits per heavy atom. The van der Waals surface area contributed by atoms with Crippen LogP contribution in [0.15, 0.2) is 77.7 Å². The van der Waals surface area contributed by atoms with Crippen LogP contribution in [-0.2, 0) is 26.2 Å². The average Bonchev–Trinajstić information content (AvgIpc) is 2.94. The van der Waals surface area contributed by atoms with Crippen molar-refractivity contribution >= 4 is 39.1 Å². The topological polar surface area (TPSA) is 96.0 Å². The first-order valence-corrected chi connectivity index (χ1v) is 14.7. The van der Waals surface area contributed by atoms with Crippen molar-refractivity contribution in [3.63, 3.8) is 0 Å². The number of ether oxygens (including phenoxy) is 1. The summed E-state index contributed by atoms with van der Waals surface area (Å²) >= 11 is 5.99. The van der Waals surface area contributed by atoms with Gasteiger partial charge in [0.25, 0.3) is 10.0 Å². The molecule has 0 bridgehead atoms. The molecule has 0 heterocycles. The molecule has 3 aromatic carbocycles. The molecule has 2 amide bonds. The van der Waals surface area contributed by atoms with Crippen LogP contribution >= 0.6 is 11.6 Å². The van der Waals surface area contributed by atoms with Crippen LogP contribution in [0.5, 0.6) is 5.75 Å². The van der Waals surface area contributed by atoms with Gasteiger partial charge in [-0.25, -0.2) is 12.8 Å². The molecular weight excluding hydrogens is 557 g/mol. The molecule has 8 nitrogen and oxygen atoms in total. The van der Waals surface area contributed by atoms with E-state index >= 15 is 0 Å². The van der Waals surface area contributed by atoms with Crippen molar-refractivity contribution in [2.45, 2.75) is 44.7 Å². The van der Waals surface area contributed by atoms with Crippen LogP contribution in [0, 0.1) is 5.82 Å². The molecule has 0 spiro atoms. The molecule has 0 aromatic heterocycles. The van der Waals surface area contributed by atoms with Crippen molar-refractivity contribution in [1.82, 2.24) is 10.2 Å². The fraction of sp³-hybridized carbons (Fsp3) is 0.310. The average molecular weight is 590 g/mol. The van der Waals surface area contributed by atoms with Gasteiger partial charge in [-0.1, -0.05) is 42.8 Å². The first-order valence-electron chi connectivity index (χ1n) is 12.9. The number of para-hydroxylation sites is 2. The Hall–Kier alpha value is -3.63. The number of carbonyl (C=O) groups is 2. The normalized spacial score (nSPS) is 11.9. The third-order valence-electron chi connectivity index (χ3n) is 6.10. The summed E-state index contributed by atoms with van der Waals surface area (Å²) in [4.78, 5) is 28.0. The molecule has 0 saturated carbocycles. The number of amides is 2. The van der Waals surface area contributed by atoms with E-state index in [9.17, 15) is 22.4 Å². The van der Waals surface area contributed by atoms with E-state index in [1.807, 2.05) is 6.92 Å². The zero-order valence-corrected chi connectivity index (χ0v) is 24.2. The van der Waals surface area contributed by atoms with Crippen LogP contribution in [0.2, 0.25) is 5.02 Å². The summed E-state index contributed by atoms with van der Waals surface area (Å²) in [5.74, 6) is -1.19. The van der Waals surface area contributed by atoms with E-state index in [4.69, 9.17) is 16.3 Å². The van der Waals surface area contributed by atoms with Crippen molar-refractivity contribution in [3.8, 4) is 5.75 Å². The van der Waals surface area contributed by atoms with Gasteiger partial charge in [0, 0.05) is 18.1 Å². The lowest BCUT2D eigenvalue weighted by atomic mass is 10.1. The molecule has 0 aliphatic carbocycles. The minimum Gasteiger partial charge on any atom is -0.492 e. The Kier molecular flexibility index (Phi) is 10.9. The van der Waals surface area contributed by atoms with Crippen molar-refractivity contribution in [3.05, 3.63) is 89.2 Å². The molecule has 0 fully saturated rings. The molecule has 1 atom stereocenters. The zero-order valence-electron chi connectivity index (χ0n) is 22.6. The highest BCUT2D eigenvalue weighted by atomic mass is 35.5. The van der Waals surface area contributed by atoms with Gasteiger partial charge in [0.2, 0.25) is 11.8 Å². The van der Waals surface area contributed by atoms with Crippen molar-refractivity contribution in [1.29, 1.82) is 0 Å². The first-order chi connectivity index (χ1) is 19.1. The van der Waals surface area contributed by atoms with E-state index in [1.54, 1.807) is 38.1 Å². The molecule has 11 heteroatoms. The second kappa shape index (κ2) is 14.1. The lowest BCUT2D eigenvalue weighted by Crippen LogP contribution is -2.51. The third-order valence-corrected chi connectivity index (χ3v) is 8.12. The number of nitrogens with zero attached hydrogens (tertiary/aromatic N) is 2. The summed E-state index contributed by atoms with van der Waals surface area (Å²) in [5, 5.41) is 3.13. The number of benzene rings is 3. The maximum absolute atomic E-state index is 13.9. The molecular formula is C29H33ClFN3O5S. The highest BCUT2D eigenvalue weighted by molar-refractivity contribution is 7.92. The molecule has 1 N–H and O–H groups in total. The molecule has 214 valence electrons. The van der Waals surface area contributed by atoms with Gasteiger partial charge in [0.05, 0.1) is 17.2 Å². The van der Waals surface area contributed by atoms with Gasteiger partial charge in [0.15, 0.2) is 0 Å². The van der Waals surface area contributed by atoms with Gasteiger partial charge in [0.1, 0.15) is 24.2 Å². The van der Waals surface area contributed by atoms with Crippen LogP contribution in [0.4, 0.5) is 10.1 Å². The Morgan fingerprint density at radius 3 is 2.27 bits per heavy atom. The molecule has 0 radical (unpaired) electrons. The van der Waals surface area contributed by atoms with Gasteiger partial charge in [-0.2, -0.15) is 0 Å². The fourth-order valence-electron chi connectivity index (χ4n) is 3.95. The van der Waals surface area contributed by atoms with Crippen LogP contribution in [0.25, 0.3) is 0 Å². The summed E-state index contributed by atoms with van der Waals surface area (Å²) in [5.41, 5.74) is 0.740. The standard InChI is InChI=1S/C29H33ClFN3O5S/c1-4-18-32-29(36)21(3)33(19-22-10-14-24(31)15-11-22)28(35)20-34(26-8-6-7-9-27(26)39-5-2)40(37,38)25-16-12-23(30)13-17-25/h6-17,21H,4-5,18-20H2,1-3H3,(H,32,36). The number of nitrogens with one attached hydrogen (secondary N) is 1. The Morgan fingerprint density at radius 1 is 1.00 bits per heavy atom. The highest BCUT2D eigenvalue weighted by Crippen LogP contribution is 2.33. The second-order valence-electron chi connectivity index (χ2n) is 8.98. The molecule has 3 aromatic rings. The highest BCUT2D eigenvalue weighted by Gasteiger charge is 2.33. The van der Waals surface area contributed by atoms with Crippen LogP contribution in [0.1, 0.15) is 32.8 Å². The van der Waals surface area contributed by atoms with Crippen molar-refractivity contribution in [2.75, 3.05) is 24.0 Å². The van der Waals surface area contributed by atoms with E-state index in [0.717, 1.165) is 4.31 Å². The third kappa shape index (κ3) is 7.73. The predicted molar refractivity (Wildman–Crippen MR) is 153 cm³/mol. The van der Waals surface area contributed by atoms with Gasteiger partial charge in [-0.05, 0) is 74.4 Å². The van der Waals surface area contributed by atoms with Crippen molar-refractivity contribution in [2.24, 2.45) is 0 Å². The Bertz CT molecular complexity index is 1400. The largest absolute Gasteiger partial charge is 0.492 e. The molecule has 0 aliphatic rings. The van der Waals surface area contributed by atoms with Crippen LogP contribution in [-0.4, -0.2) is 50.9 Å². The molecule has 1 unspecified atom stereocenters.